The standard InChI is InChI=1S/C23H28N2OS/c24-15-19-16-25(17-21(19)18-9-3-1-4-10-18)22(26)23(13-7-8-14-23)27-20-11-5-2-6-12-20/h1-6,9-12,19,21H,7-8,13-17,24H2/t19-,21+/m1/s1. The number of hydrogen-bond acceptors (Lipinski definition) is 3. The first-order chi connectivity index (χ1) is 13.2. The predicted octanol–water partition coefficient (Wildman–Crippen LogP) is 4.29. The fraction of sp³-hybridized carbons (Fsp3) is 0.435. The highest BCUT2D eigenvalue weighted by molar-refractivity contribution is 8.01. The smallest absolute Gasteiger partial charge is 0.239 e. The molecule has 142 valence electrons. The first-order valence-corrected chi connectivity index (χ1v) is 10.8. The maximum Gasteiger partial charge on any atom is 0.239 e. The summed E-state index contributed by atoms with van der Waals surface area (Å²) >= 11 is 1.78. The van der Waals surface area contributed by atoms with Gasteiger partial charge >= 0.3 is 0 Å². The van der Waals surface area contributed by atoms with Crippen molar-refractivity contribution in [3.05, 3.63) is 66.2 Å². The monoisotopic (exact) mass is 380 g/mol. The van der Waals surface area contributed by atoms with Crippen LogP contribution < -0.4 is 5.73 Å². The lowest BCUT2D eigenvalue weighted by Crippen LogP contribution is -2.44. The number of carbonyl (C=O) groups excluding carboxylic acids is 1. The number of nitrogens with two attached hydrogens (primary N) is 1. The van der Waals surface area contributed by atoms with E-state index in [1.54, 1.807) is 11.8 Å². The van der Waals surface area contributed by atoms with Crippen molar-refractivity contribution in [1.82, 2.24) is 4.90 Å². The molecule has 1 saturated heterocycles. The Kier molecular flexibility index (Phi) is 5.55. The molecule has 2 aromatic rings. The summed E-state index contributed by atoms with van der Waals surface area (Å²) in [7, 11) is 0. The number of hydrogen-bond donors (Lipinski definition) is 1. The summed E-state index contributed by atoms with van der Waals surface area (Å²) in [5.74, 6) is 1.02. The van der Waals surface area contributed by atoms with Crippen LogP contribution in [-0.4, -0.2) is 35.2 Å². The summed E-state index contributed by atoms with van der Waals surface area (Å²) in [5.41, 5.74) is 7.40. The van der Waals surface area contributed by atoms with Gasteiger partial charge in [0.15, 0.2) is 0 Å². The molecule has 0 aromatic heterocycles. The van der Waals surface area contributed by atoms with Gasteiger partial charge in [-0.1, -0.05) is 61.4 Å². The van der Waals surface area contributed by atoms with Gasteiger partial charge in [-0.05, 0) is 43.0 Å². The van der Waals surface area contributed by atoms with E-state index >= 15 is 0 Å². The minimum absolute atomic E-state index is 0.300. The first-order valence-electron chi connectivity index (χ1n) is 10.0. The van der Waals surface area contributed by atoms with E-state index in [0.29, 0.717) is 24.3 Å². The Balaban J connectivity index is 1.55. The van der Waals surface area contributed by atoms with E-state index in [2.05, 4.69) is 53.4 Å². The van der Waals surface area contributed by atoms with Crippen molar-refractivity contribution in [1.29, 1.82) is 0 Å². The molecule has 0 bridgehead atoms. The molecule has 1 saturated carbocycles. The number of rotatable bonds is 5. The molecule has 1 amide bonds. The lowest BCUT2D eigenvalue weighted by molar-refractivity contribution is -0.132. The minimum atomic E-state index is -0.300. The van der Waals surface area contributed by atoms with Crippen LogP contribution in [0.3, 0.4) is 0 Å². The quantitative estimate of drug-likeness (QED) is 0.841. The summed E-state index contributed by atoms with van der Waals surface area (Å²) in [6.07, 6.45) is 4.24. The fourth-order valence-corrected chi connectivity index (χ4v) is 6.12. The van der Waals surface area contributed by atoms with Crippen molar-refractivity contribution in [2.24, 2.45) is 11.7 Å². The second-order valence-electron chi connectivity index (χ2n) is 7.84. The Morgan fingerprint density at radius 3 is 2.26 bits per heavy atom. The van der Waals surface area contributed by atoms with Crippen molar-refractivity contribution in [3.8, 4) is 0 Å². The van der Waals surface area contributed by atoms with Gasteiger partial charge < -0.3 is 10.6 Å². The topological polar surface area (TPSA) is 46.3 Å². The Hall–Kier alpha value is -1.78. The van der Waals surface area contributed by atoms with E-state index in [4.69, 9.17) is 5.73 Å². The van der Waals surface area contributed by atoms with Gasteiger partial charge in [0.25, 0.3) is 0 Å². The summed E-state index contributed by atoms with van der Waals surface area (Å²) < 4.78 is -0.300. The Bertz CT molecular complexity index is 758. The minimum Gasteiger partial charge on any atom is -0.341 e. The third kappa shape index (κ3) is 3.78. The lowest BCUT2D eigenvalue weighted by atomic mass is 9.89. The zero-order valence-electron chi connectivity index (χ0n) is 15.7. The second-order valence-corrected chi connectivity index (χ2v) is 9.30. The normalized spacial score (nSPS) is 24.3. The van der Waals surface area contributed by atoms with E-state index in [1.165, 1.54) is 10.5 Å². The van der Waals surface area contributed by atoms with Gasteiger partial charge in [-0.3, -0.25) is 4.79 Å². The molecule has 3 nitrogen and oxygen atoms in total. The summed E-state index contributed by atoms with van der Waals surface area (Å²) in [4.78, 5) is 17.0. The molecular weight excluding hydrogens is 352 g/mol. The highest BCUT2D eigenvalue weighted by atomic mass is 32.2. The molecule has 0 radical (unpaired) electrons. The first kappa shape index (κ1) is 18.6. The Morgan fingerprint density at radius 1 is 1.00 bits per heavy atom. The summed E-state index contributed by atoms with van der Waals surface area (Å²) in [5, 5.41) is 0. The van der Waals surface area contributed by atoms with Crippen LogP contribution in [0.15, 0.2) is 65.6 Å². The zero-order chi connectivity index (χ0) is 18.7. The second kappa shape index (κ2) is 8.07. The molecule has 4 rings (SSSR count). The number of amides is 1. The van der Waals surface area contributed by atoms with Crippen molar-refractivity contribution in [3.63, 3.8) is 0 Å². The number of carbonyl (C=O) groups is 1. The molecule has 1 heterocycles. The maximum absolute atomic E-state index is 13.7. The molecule has 0 spiro atoms. The molecule has 2 N–H and O–H groups in total. The number of thioether (sulfide) groups is 1. The van der Waals surface area contributed by atoms with E-state index in [-0.39, 0.29) is 4.75 Å². The van der Waals surface area contributed by atoms with Crippen LogP contribution in [0.1, 0.15) is 37.2 Å². The zero-order valence-corrected chi connectivity index (χ0v) is 16.5. The average molecular weight is 381 g/mol. The Labute approximate surface area is 166 Å². The van der Waals surface area contributed by atoms with Crippen molar-refractivity contribution in [2.75, 3.05) is 19.6 Å². The Morgan fingerprint density at radius 2 is 1.63 bits per heavy atom. The highest BCUT2D eigenvalue weighted by Crippen LogP contribution is 2.47. The van der Waals surface area contributed by atoms with Crippen LogP contribution in [0.25, 0.3) is 0 Å². The van der Waals surface area contributed by atoms with Crippen LogP contribution in [0.2, 0.25) is 0 Å². The van der Waals surface area contributed by atoms with Crippen LogP contribution >= 0.6 is 11.8 Å². The SMILES string of the molecule is NC[C@@H]1CN(C(=O)C2(Sc3ccccc3)CCCC2)C[C@H]1c1ccccc1. The number of nitrogens with zero attached hydrogens (tertiary/aromatic N) is 1. The predicted molar refractivity (Wildman–Crippen MR) is 112 cm³/mol. The van der Waals surface area contributed by atoms with Gasteiger partial charge in [0.1, 0.15) is 0 Å². The lowest BCUT2D eigenvalue weighted by Gasteiger charge is -2.32. The molecule has 2 aliphatic rings. The molecular formula is C23H28N2OS. The largest absolute Gasteiger partial charge is 0.341 e. The molecule has 0 unspecified atom stereocenters. The molecule has 27 heavy (non-hydrogen) atoms. The van der Waals surface area contributed by atoms with E-state index in [0.717, 1.165) is 38.8 Å². The van der Waals surface area contributed by atoms with Crippen LogP contribution in [0.4, 0.5) is 0 Å². The van der Waals surface area contributed by atoms with Gasteiger partial charge in [-0.2, -0.15) is 0 Å². The van der Waals surface area contributed by atoms with Gasteiger partial charge in [-0.25, -0.2) is 0 Å². The van der Waals surface area contributed by atoms with E-state index < -0.39 is 0 Å². The summed E-state index contributed by atoms with van der Waals surface area (Å²) in [6, 6.07) is 20.9. The molecule has 1 aliphatic carbocycles. The molecule has 2 atom stereocenters. The third-order valence-corrected chi connectivity index (χ3v) is 7.60. The molecule has 2 fully saturated rings. The third-order valence-electron chi connectivity index (χ3n) is 6.12. The van der Waals surface area contributed by atoms with Gasteiger partial charge in [0.2, 0.25) is 5.91 Å². The van der Waals surface area contributed by atoms with Gasteiger partial charge in [0.05, 0.1) is 4.75 Å². The van der Waals surface area contributed by atoms with Crippen molar-refractivity contribution in [2.45, 2.75) is 41.2 Å². The highest BCUT2D eigenvalue weighted by Gasteiger charge is 2.47. The van der Waals surface area contributed by atoms with Gasteiger partial charge in [0, 0.05) is 23.9 Å². The molecule has 1 aliphatic heterocycles. The van der Waals surface area contributed by atoms with Crippen LogP contribution in [-0.2, 0) is 4.79 Å². The molecule has 2 aromatic carbocycles. The van der Waals surface area contributed by atoms with Gasteiger partial charge in [-0.15, -0.1) is 11.8 Å². The van der Waals surface area contributed by atoms with Crippen molar-refractivity contribution < 1.29 is 4.79 Å². The van der Waals surface area contributed by atoms with Crippen LogP contribution in [0, 0.1) is 5.92 Å². The average Bonchev–Trinajstić information content (AvgIpc) is 3.37. The van der Waals surface area contributed by atoms with E-state index in [9.17, 15) is 4.79 Å². The number of benzene rings is 2. The fourth-order valence-electron chi connectivity index (χ4n) is 4.66. The number of likely N-dealkylation sites (tertiary alicyclic amines) is 1. The molecule has 4 heteroatoms. The van der Waals surface area contributed by atoms with Crippen molar-refractivity contribution >= 4 is 17.7 Å². The summed E-state index contributed by atoms with van der Waals surface area (Å²) in [6.45, 7) is 2.20. The van der Waals surface area contributed by atoms with E-state index in [1.807, 2.05) is 12.1 Å². The van der Waals surface area contributed by atoms with Crippen LogP contribution in [0.5, 0.6) is 0 Å². The maximum atomic E-state index is 13.7.